The van der Waals surface area contributed by atoms with Crippen molar-refractivity contribution < 1.29 is 0 Å². The number of aromatic nitrogens is 2. The fraction of sp³-hybridized carbons (Fsp3) is 0.200. The van der Waals surface area contributed by atoms with Gasteiger partial charge in [0.05, 0.1) is 24.0 Å². The molecule has 0 amide bonds. The van der Waals surface area contributed by atoms with E-state index in [1.54, 1.807) is 6.20 Å². The zero-order valence-corrected chi connectivity index (χ0v) is 16.5. The number of hydrogen-bond donors (Lipinski definition) is 3. The summed E-state index contributed by atoms with van der Waals surface area (Å²) >= 11 is 4.75. The zero-order valence-electron chi connectivity index (χ0n) is 15.6. The number of amidine groups is 1. The molecule has 1 aliphatic heterocycles. The third-order valence-electron chi connectivity index (χ3n) is 4.81. The summed E-state index contributed by atoms with van der Waals surface area (Å²) in [5.41, 5.74) is 12.6. The Kier molecular flexibility index (Phi) is 4.63. The first kappa shape index (κ1) is 17.6. The van der Waals surface area contributed by atoms with Crippen molar-refractivity contribution in [3.63, 3.8) is 0 Å². The molecule has 1 aromatic heterocycles. The first-order chi connectivity index (χ1) is 13.0. The van der Waals surface area contributed by atoms with Gasteiger partial charge >= 0.3 is 0 Å². The summed E-state index contributed by atoms with van der Waals surface area (Å²) in [5.74, 6) is 0.762. The summed E-state index contributed by atoms with van der Waals surface area (Å²) in [5, 5.41) is 11.7. The molecule has 0 spiro atoms. The Balaban J connectivity index is 1.65. The highest BCUT2D eigenvalue weighted by Crippen LogP contribution is 2.24. The smallest absolute Gasteiger partial charge is 0.177 e. The van der Waals surface area contributed by atoms with Gasteiger partial charge in [0.25, 0.3) is 0 Å². The van der Waals surface area contributed by atoms with Gasteiger partial charge in [-0.1, -0.05) is 42.0 Å². The van der Waals surface area contributed by atoms with E-state index < -0.39 is 0 Å². The summed E-state index contributed by atoms with van der Waals surface area (Å²) in [6.07, 6.45) is 1.81. The number of nitrogens with zero attached hydrogens (tertiary/aromatic N) is 4. The molecule has 4 rings (SSSR count). The van der Waals surface area contributed by atoms with Crippen molar-refractivity contribution in [2.45, 2.75) is 32.3 Å². The second kappa shape index (κ2) is 7.09. The average molecular weight is 379 g/mol. The summed E-state index contributed by atoms with van der Waals surface area (Å²) < 4.78 is 1.85. The van der Waals surface area contributed by atoms with Gasteiger partial charge < -0.3 is 0 Å². The van der Waals surface area contributed by atoms with Gasteiger partial charge in [-0.05, 0) is 43.5 Å². The SMILES string of the molecule is Cc1cccc(CN2NNN=C2c2cnn(-c3cccc(C)c3C)c2S)c1. The van der Waals surface area contributed by atoms with Crippen molar-refractivity contribution in [3.05, 3.63) is 76.5 Å². The van der Waals surface area contributed by atoms with Crippen LogP contribution in [0.4, 0.5) is 0 Å². The van der Waals surface area contributed by atoms with Crippen molar-refractivity contribution in [2.24, 2.45) is 5.10 Å². The van der Waals surface area contributed by atoms with E-state index in [0.717, 1.165) is 22.1 Å². The number of aryl methyl sites for hydroxylation is 2. The van der Waals surface area contributed by atoms with Gasteiger partial charge in [0.2, 0.25) is 0 Å². The predicted octanol–water partition coefficient (Wildman–Crippen LogP) is 3.27. The second-order valence-electron chi connectivity index (χ2n) is 6.75. The zero-order chi connectivity index (χ0) is 19.0. The number of hydrazine groups is 2. The fourth-order valence-electron chi connectivity index (χ4n) is 3.21. The van der Waals surface area contributed by atoms with Gasteiger partial charge in [0, 0.05) is 0 Å². The van der Waals surface area contributed by atoms with Crippen molar-refractivity contribution in [2.75, 3.05) is 0 Å². The molecule has 138 valence electrons. The lowest BCUT2D eigenvalue weighted by atomic mass is 10.1. The van der Waals surface area contributed by atoms with Crippen molar-refractivity contribution in [3.8, 4) is 5.69 Å². The topological polar surface area (TPSA) is 57.5 Å². The minimum Gasteiger partial charge on any atom is -0.266 e. The maximum absolute atomic E-state index is 4.75. The van der Waals surface area contributed by atoms with Crippen LogP contribution in [0.2, 0.25) is 0 Å². The predicted molar refractivity (Wildman–Crippen MR) is 110 cm³/mol. The average Bonchev–Trinajstić information content (AvgIpc) is 3.24. The highest BCUT2D eigenvalue weighted by Gasteiger charge is 2.24. The summed E-state index contributed by atoms with van der Waals surface area (Å²) in [4.78, 5) is 0. The van der Waals surface area contributed by atoms with Crippen molar-refractivity contribution >= 4 is 18.5 Å². The number of benzene rings is 2. The maximum Gasteiger partial charge on any atom is 0.177 e. The molecule has 0 radical (unpaired) electrons. The standard InChI is InChI=1S/C20H22N6S/c1-13-6-4-8-16(10-13)12-25-19(22-23-24-25)17-11-21-26(20(17)27)18-9-5-7-14(2)15(18)3/h4-11,23-24,27H,12H2,1-3H3. The normalized spacial score (nSPS) is 13.6. The maximum atomic E-state index is 4.75. The molecule has 2 aromatic carbocycles. The third kappa shape index (κ3) is 3.31. The number of thiol groups is 1. The molecule has 7 heteroatoms. The largest absolute Gasteiger partial charge is 0.266 e. The lowest BCUT2D eigenvalue weighted by molar-refractivity contribution is 0.288. The Morgan fingerprint density at radius 2 is 1.89 bits per heavy atom. The molecular formula is C20H22N6S. The Morgan fingerprint density at radius 1 is 1.07 bits per heavy atom. The summed E-state index contributed by atoms with van der Waals surface area (Å²) in [7, 11) is 0. The molecule has 2 heterocycles. The minimum atomic E-state index is 0.676. The van der Waals surface area contributed by atoms with E-state index >= 15 is 0 Å². The summed E-state index contributed by atoms with van der Waals surface area (Å²) in [6, 6.07) is 14.6. The molecule has 2 N–H and O–H groups in total. The molecule has 0 aliphatic carbocycles. The van der Waals surface area contributed by atoms with Gasteiger partial charge in [-0.15, -0.1) is 23.3 Å². The van der Waals surface area contributed by atoms with Crippen LogP contribution in [0, 0.1) is 20.8 Å². The highest BCUT2D eigenvalue weighted by atomic mass is 32.1. The van der Waals surface area contributed by atoms with Crippen LogP contribution in [0.3, 0.4) is 0 Å². The van der Waals surface area contributed by atoms with E-state index in [2.05, 4.69) is 78.4 Å². The van der Waals surface area contributed by atoms with Crippen LogP contribution in [0.1, 0.15) is 27.8 Å². The molecule has 3 aromatic rings. The monoisotopic (exact) mass is 378 g/mol. The Hall–Kier alpha value is -2.77. The van der Waals surface area contributed by atoms with Crippen molar-refractivity contribution in [1.29, 1.82) is 0 Å². The molecule has 0 bridgehead atoms. The Labute approximate surface area is 164 Å². The van der Waals surface area contributed by atoms with Gasteiger partial charge in [-0.2, -0.15) is 5.10 Å². The van der Waals surface area contributed by atoms with Crippen molar-refractivity contribution in [1.82, 2.24) is 25.9 Å². The van der Waals surface area contributed by atoms with E-state index in [1.165, 1.54) is 22.3 Å². The highest BCUT2D eigenvalue weighted by molar-refractivity contribution is 7.80. The van der Waals surface area contributed by atoms with Crippen LogP contribution in [0.5, 0.6) is 0 Å². The minimum absolute atomic E-state index is 0.676. The molecular weight excluding hydrogens is 356 g/mol. The molecule has 0 saturated carbocycles. The lowest BCUT2D eigenvalue weighted by Crippen LogP contribution is -2.40. The van der Waals surface area contributed by atoms with Crippen LogP contribution in [0.15, 0.2) is 58.8 Å². The van der Waals surface area contributed by atoms with Gasteiger partial charge in [0.1, 0.15) is 5.03 Å². The van der Waals surface area contributed by atoms with Crippen LogP contribution in [-0.4, -0.2) is 20.6 Å². The number of hydrazone groups is 1. The first-order valence-electron chi connectivity index (χ1n) is 8.80. The van der Waals surface area contributed by atoms with Crippen LogP contribution in [-0.2, 0) is 6.54 Å². The molecule has 0 unspecified atom stereocenters. The van der Waals surface area contributed by atoms with Gasteiger partial charge in [-0.3, -0.25) is 5.01 Å². The molecule has 0 saturated heterocycles. The van der Waals surface area contributed by atoms with E-state index in [9.17, 15) is 0 Å². The molecule has 0 atom stereocenters. The van der Waals surface area contributed by atoms with E-state index in [4.69, 9.17) is 12.6 Å². The van der Waals surface area contributed by atoms with E-state index in [-0.39, 0.29) is 0 Å². The molecule has 0 fully saturated rings. The number of nitrogens with one attached hydrogen (secondary N) is 2. The van der Waals surface area contributed by atoms with E-state index in [0.29, 0.717) is 6.54 Å². The van der Waals surface area contributed by atoms with Crippen LogP contribution < -0.4 is 11.1 Å². The molecule has 27 heavy (non-hydrogen) atoms. The second-order valence-corrected chi connectivity index (χ2v) is 7.17. The molecule has 6 nitrogen and oxygen atoms in total. The van der Waals surface area contributed by atoms with Crippen LogP contribution >= 0.6 is 12.6 Å². The summed E-state index contributed by atoms with van der Waals surface area (Å²) in [6.45, 7) is 6.96. The van der Waals surface area contributed by atoms with Crippen LogP contribution in [0.25, 0.3) is 5.69 Å². The van der Waals surface area contributed by atoms with Gasteiger partial charge in [-0.25, -0.2) is 10.2 Å². The number of hydrogen-bond acceptors (Lipinski definition) is 6. The quantitative estimate of drug-likeness (QED) is 0.610. The Bertz CT molecular complexity index is 1020. The fourth-order valence-corrected chi connectivity index (χ4v) is 3.52. The number of rotatable bonds is 4. The van der Waals surface area contributed by atoms with E-state index in [1.807, 2.05) is 15.8 Å². The third-order valence-corrected chi connectivity index (χ3v) is 5.24. The first-order valence-corrected chi connectivity index (χ1v) is 9.24. The molecule has 1 aliphatic rings. The van der Waals surface area contributed by atoms with Gasteiger partial charge in [0.15, 0.2) is 5.84 Å². The Morgan fingerprint density at radius 3 is 2.70 bits per heavy atom. The lowest BCUT2D eigenvalue weighted by Gasteiger charge is -2.19.